The Balaban J connectivity index is 1.64. The van der Waals surface area contributed by atoms with E-state index in [4.69, 9.17) is 0 Å². The van der Waals surface area contributed by atoms with Gasteiger partial charge in [-0.3, -0.25) is 0 Å². The smallest absolute Gasteiger partial charge is 0.0103 e. The first-order valence-electron chi connectivity index (χ1n) is 11.1. The van der Waals surface area contributed by atoms with Crippen molar-refractivity contribution in [1.29, 1.82) is 0 Å². The van der Waals surface area contributed by atoms with Crippen molar-refractivity contribution in [1.82, 2.24) is 0 Å². The van der Waals surface area contributed by atoms with Gasteiger partial charge in [0.2, 0.25) is 0 Å². The standard InChI is InChI=1S/C28H32/c1-3-21-10-13-23(14-11-21)24-15-17-26(18-16-24)28-20-22(4-2)12-19-27(28)25-8-6-5-7-9-25/h5-9,12,15-21,23H,3-4,10-11,13-14H2,1-2H3/t21-,23-. The molecule has 0 bridgehead atoms. The molecule has 0 N–H and O–H groups in total. The van der Waals surface area contributed by atoms with Crippen molar-refractivity contribution in [2.45, 2.75) is 58.3 Å². The van der Waals surface area contributed by atoms with Crippen LogP contribution in [0.3, 0.4) is 0 Å². The first kappa shape index (κ1) is 19.0. The van der Waals surface area contributed by atoms with Gasteiger partial charge in [0.15, 0.2) is 0 Å². The SMILES string of the molecule is CCc1ccc(-c2ccccc2)c(-c2ccc([C@H]3CC[C@H](CC)CC3)cc2)c1. The van der Waals surface area contributed by atoms with Gasteiger partial charge in [-0.15, -0.1) is 0 Å². The Morgan fingerprint density at radius 2 is 1.36 bits per heavy atom. The van der Waals surface area contributed by atoms with Crippen molar-refractivity contribution < 1.29 is 0 Å². The Bertz CT molecular complexity index is 881. The molecule has 0 aromatic heterocycles. The van der Waals surface area contributed by atoms with Gasteiger partial charge in [-0.05, 0) is 77.3 Å². The van der Waals surface area contributed by atoms with Gasteiger partial charge in [-0.2, -0.15) is 0 Å². The minimum atomic E-state index is 0.757. The Hall–Kier alpha value is -2.34. The third-order valence-electron chi connectivity index (χ3n) is 6.69. The van der Waals surface area contributed by atoms with Gasteiger partial charge < -0.3 is 0 Å². The minimum Gasteiger partial charge on any atom is -0.0651 e. The molecule has 0 radical (unpaired) electrons. The van der Waals surface area contributed by atoms with Crippen LogP contribution in [0, 0.1) is 5.92 Å². The molecule has 4 rings (SSSR count). The molecular weight excluding hydrogens is 336 g/mol. The third-order valence-corrected chi connectivity index (χ3v) is 6.69. The zero-order valence-corrected chi connectivity index (χ0v) is 17.3. The lowest BCUT2D eigenvalue weighted by atomic mass is 9.77. The number of hydrogen-bond donors (Lipinski definition) is 0. The number of hydrogen-bond acceptors (Lipinski definition) is 0. The summed E-state index contributed by atoms with van der Waals surface area (Å²) in [6.45, 7) is 4.57. The molecule has 0 spiro atoms. The summed E-state index contributed by atoms with van der Waals surface area (Å²) in [5.41, 5.74) is 8.24. The highest BCUT2D eigenvalue weighted by molar-refractivity contribution is 5.84. The molecule has 3 aromatic rings. The maximum Gasteiger partial charge on any atom is -0.0103 e. The van der Waals surface area contributed by atoms with E-state index in [1.54, 1.807) is 0 Å². The highest BCUT2D eigenvalue weighted by Crippen LogP contribution is 2.38. The second-order valence-electron chi connectivity index (χ2n) is 8.35. The molecule has 0 unspecified atom stereocenters. The van der Waals surface area contributed by atoms with E-state index in [-0.39, 0.29) is 0 Å². The molecule has 3 aromatic carbocycles. The first-order valence-corrected chi connectivity index (χ1v) is 11.1. The lowest BCUT2D eigenvalue weighted by Gasteiger charge is -2.28. The predicted molar refractivity (Wildman–Crippen MR) is 122 cm³/mol. The predicted octanol–water partition coefficient (Wildman–Crippen LogP) is 8.27. The fourth-order valence-electron chi connectivity index (χ4n) is 4.76. The summed E-state index contributed by atoms with van der Waals surface area (Å²) >= 11 is 0. The minimum absolute atomic E-state index is 0.757. The quantitative estimate of drug-likeness (QED) is 0.425. The van der Waals surface area contributed by atoms with E-state index >= 15 is 0 Å². The average Bonchev–Trinajstić information content (AvgIpc) is 2.79. The second-order valence-corrected chi connectivity index (χ2v) is 8.35. The van der Waals surface area contributed by atoms with Crippen LogP contribution in [0.4, 0.5) is 0 Å². The van der Waals surface area contributed by atoms with Crippen LogP contribution in [0.25, 0.3) is 22.3 Å². The van der Waals surface area contributed by atoms with Crippen LogP contribution in [0.1, 0.15) is 63.0 Å². The highest BCUT2D eigenvalue weighted by Gasteiger charge is 2.21. The molecule has 0 amide bonds. The van der Waals surface area contributed by atoms with Crippen LogP contribution in [-0.2, 0) is 6.42 Å². The van der Waals surface area contributed by atoms with Crippen LogP contribution >= 0.6 is 0 Å². The fraction of sp³-hybridized carbons (Fsp3) is 0.357. The molecule has 28 heavy (non-hydrogen) atoms. The Morgan fingerprint density at radius 1 is 0.679 bits per heavy atom. The molecule has 1 aliphatic carbocycles. The summed E-state index contributed by atoms with van der Waals surface area (Å²) in [5.74, 6) is 1.72. The summed E-state index contributed by atoms with van der Waals surface area (Å²) in [6.07, 6.45) is 7.94. The highest BCUT2D eigenvalue weighted by atomic mass is 14.3. The summed E-state index contributed by atoms with van der Waals surface area (Å²) < 4.78 is 0. The van der Waals surface area contributed by atoms with E-state index < -0.39 is 0 Å². The van der Waals surface area contributed by atoms with Gasteiger partial charge in [-0.25, -0.2) is 0 Å². The van der Waals surface area contributed by atoms with E-state index in [0.717, 1.165) is 18.3 Å². The lowest BCUT2D eigenvalue weighted by molar-refractivity contribution is 0.319. The summed E-state index contributed by atoms with van der Waals surface area (Å²) in [7, 11) is 0. The molecule has 0 atom stereocenters. The van der Waals surface area contributed by atoms with Crippen LogP contribution in [0.2, 0.25) is 0 Å². The monoisotopic (exact) mass is 368 g/mol. The van der Waals surface area contributed by atoms with E-state index in [1.807, 2.05) is 0 Å². The molecule has 144 valence electrons. The third kappa shape index (κ3) is 4.07. The zero-order chi connectivity index (χ0) is 19.3. The van der Waals surface area contributed by atoms with Crippen molar-refractivity contribution >= 4 is 0 Å². The van der Waals surface area contributed by atoms with Crippen molar-refractivity contribution in [2.24, 2.45) is 5.92 Å². The Labute approximate surface area is 170 Å². The summed E-state index contributed by atoms with van der Waals surface area (Å²) in [4.78, 5) is 0. The maximum absolute atomic E-state index is 2.39. The topological polar surface area (TPSA) is 0 Å². The average molecular weight is 369 g/mol. The largest absolute Gasteiger partial charge is 0.0651 e. The van der Waals surface area contributed by atoms with E-state index in [1.165, 1.54) is 65.5 Å². The zero-order valence-electron chi connectivity index (χ0n) is 17.3. The fourth-order valence-corrected chi connectivity index (χ4v) is 4.76. The number of aryl methyl sites for hydroxylation is 1. The maximum atomic E-state index is 2.39. The van der Waals surface area contributed by atoms with Gasteiger partial charge in [0, 0.05) is 0 Å². The van der Waals surface area contributed by atoms with Gasteiger partial charge in [-0.1, -0.05) is 93.1 Å². The first-order chi connectivity index (χ1) is 13.8. The molecule has 0 saturated heterocycles. The van der Waals surface area contributed by atoms with Crippen LogP contribution in [0.5, 0.6) is 0 Å². The number of rotatable bonds is 5. The molecule has 1 aliphatic rings. The van der Waals surface area contributed by atoms with E-state index in [2.05, 4.69) is 86.6 Å². The van der Waals surface area contributed by atoms with Crippen molar-refractivity contribution in [3.05, 3.63) is 83.9 Å². The molecule has 0 aliphatic heterocycles. The molecule has 1 saturated carbocycles. The molecular formula is C28H32. The molecule has 1 fully saturated rings. The van der Waals surface area contributed by atoms with Crippen molar-refractivity contribution in [3.8, 4) is 22.3 Å². The molecule has 0 nitrogen and oxygen atoms in total. The Kier molecular flexibility index (Phi) is 5.95. The van der Waals surface area contributed by atoms with Crippen LogP contribution < -0.4 is 0 Å². The molecule has 0 heterocycles. The molecule has 0 heteroatoms. The van der Waals surface area contributed by atoms with Crippen molar-refractivity contribution in [2.75, 3.05) is 0 Å². The lowest BCUT2D eigenvalue weighted by Crippen LogP contribution is -2.12. The van der Waals surface area contributed by atoms with Crippen LogP contribution in [0.15, 0.2) is 72.8 Å². The Morgan fingerprint density at radius 3 is 2.00 bits per heavy atom. The second kappa shape index (κ2) is 8.78. The summed E-state index contributed by atoms with van der Waals surface area (Å²) in [5, 5.41) is 0. The van der Waals surface area contributed by atoms with E-state index in [9.17, 15) is 0 Å². The summed E-state index contributed by atoms with van der Waals surface area (Å²) in [6, 6.07) is 27.2. The van der Waals surface area contributed by atoms with Gasteiger partial charge in [0.1, 0.15) is 0 Å². The van der Waals surface area contributed by atoms with Gasteiger partial charge in [0.05, 0.1) is 0 Å². The number of benzene rings is 3. The normalized spacial score (nSPS) is 19.5. The van der Waals surface area contributed by atoms with E-state index in [0.29, 0.717) is 0 Å². The van der Waals surface area contributed by atoms with Crippen LogP contribution in [-0.4, -0.2) is 0 Å². The van der Waals surface area contributed by atoms with Gasteiger partial charge in [0.25, 0.3) is 0 Å². The van der Waals surface area contributed by atoms with Crippen molar-refractivity contribution in [3.63, 3.8) is 0 Å². The van der Waals surface area contributed by atoms with Gasteiger partial charge >= 0.3 is 0 Å².